The van der Waals surface area contributed by atoms with Crippen LogP contribution in [0.1, 0.15) is 164 Å². The Bertz CT molecular complexity index is 958. The van der Waals surface area contributed by atoms with Crippen LogP contribution >= 0.6 is 0 Å². The van der Waals surface area contributed by atoms with E-state index in [9.17, 15) is 0 Å². The molecule has 0 bridgehead atoms. The molecule has 0 spiro atoms. The second-order valence-corrected chi connectivity index (χ2v) is 17.7. The molecule has 0 saturated heterocycles. The Morgan fingerprint density at radius 2 is 1.41 bits per heavy atom. The second-order valence-electron chi connectivity index (χ2n) is 17.7. The molecular weight excluding hydrogens is 604 g/mol. The zero-order valence-electron chi connectivity index (χ0n) is 33.3. The van der Waals surface area contributed by atoms with Crippen LogP contribution in [0.3, 0.4) is 0 Å². The van der Waals surface area contributed by atoms with Gasteiger partial charge in [0.1, 0.15) is 0 Å². The smallest absolute Gasteiger partial charge is 0.0704 e. The molecule has 8 atom stereocenters. The summed E-state index contributed by atoms with van der Waals surface area (Å²) in [6.07, 6.45) is 33.0. The predicted molar refractivity (Wildman–Crippen MR) is 207 cm³/mol. The standard InChI is InChI=1S/C45H80O4/c1-7-8-9-10-11-12-13-14-15-16-28-46-29-30-47-31-32-48-33-34-49-39-24-26-44(5)38(35-39)20-21-40-42-23-22-41(37(4)19-17-18-36(2)3)45(42,6)27-25-43(40)44/h8-9,20,36-37,39-43H,7,10-19,21-35H2,1-6H3/b9-8-/t37-,39+,40?,41-,42?,43?,44+,45-/m1/s1. The van der Waals surface area contributed by atoms with Crippen LogP contribution in [0.4, 0.5) is 0 Å². The Morgan fingerprint density at radius 1 is 0.714 bits per heavy atom. The van der Waals surface area contributed by atoms with Gasteiger partial charge in [-0.2, -0.15) is 0 Å². The van der Waals surface area contributed by atoms with Crippen LogP contribution in [0, 0.1) is 46.3 Å². The van der Waals surface area contributed by atoms with Crippen molar-refractivity contribution < 1.29 is 18.9 Å². The third-order valence-corrected chi connectivity index (χ3v) is 13.9. The number of allylic oxidation sites excluding steroid dienone is 3. The predicted octanol–water partition coefficient (Wildman–Crippen LogP) is 12.2. The highest BCUT2D eigenvalue weighted by molar-refractivity contribution is 5.25. The first-order valence-electron chi connectivity index (χ1n) is 21.5. The summed E-state index contributed by atoms with van der Waals surface area (Å²) in [5.74, 6) is 5.40. The van der Waals surface area contributed by atoms with E-state index >= 15 is 0 Å². The van der Waals surface area contributed by atoms with Gasteiger partial charge < -0.3 is 18.9 Å². The molecule has 0 aromatic rings. The maximum Gasteiger partial charge on any atom is 0.0704 e. The average molecular weight is 685 g/mol. The molecule has 3 fully saturated rings. The van der Waals surface area contributed by atoms with Gasteiger partial charge in [0.25, 0.3) is 0 Å². The van der Waals surface area contributed by atoms with Gasteiger partial charge >= 0.3 is 0 Å². The fourth-order valence-corrected chi connectivity index (χ4v) is 11.1. The van der Waals surface area contributed by atoms with Crippen LogP contribution in [-0.4, -0.2) is 52.4 Å². The van der Waals surface area contributed by atoms with E-state index in [0.29, 0.717) is 56.6 Å². The number of rotatable bonds is 25. The molecule has 0 aromatic carbocycles. The molecule has 0 aliphatic heterocycles. The largest absolute Gasteiger partial charge is 0.379 e. The molecule has 0 aromatic heterocycles. The lowest BCUT2D eigenvalue weighted by Crippen LogP contribution is -2.51. The molecule has 284 valence electrons. The van der Waals surface area contributed by atoms with Crippen LogP contribution < -0.4 is 0 Å². The Morgan fingerprint density at radius 3 is 2.14 bits per heavy atom. The summed E-state index contributed by atoms with van der Waals surface area (Å²) in [5.41, 5.74) is 2.70. The number of hydrogen-bond donors (Lipinski definition) is 0. The van der Waals surface area contributed by atoms with E-state index in [-0.39, 0.29) is 0 Å². The van der Waals surface area contributed by atoms with E-state index < -0.39 is 0 Å². The van der Waals surface area contributed by atoms with Gasteiger partial charge in [0.05, 0.1) is 45.7 Å². The van der Waals surface area contributed by atoms with Crippen LogP contribution in [0.5, 0.6) is 0 Å². The minimum absolute atomic E-state index is 0.359. The lowest BCUT2D eigenvalue weighted by molar-refractivity contribution is -0.0691. The fraction of sp³-hybridized carbons (Fsp3) is 0.911. The van der Waals surface area contributed by atoms with Crippen LogP contribution in [0.15, 0.2) is 23.8 Å². The molecule has 4 aliphatic rings. The summed E-state index contributed by atoms with van der Waals surface area (Å²) in [7, 11) is 0. The SMILES string of the molecule is CC/C=C\CCCCCCCCOCCOCCOCCO[C@H]1CC[C@@]2(C)C(=CCC3C2CC[C@@]2(C)C3CC[C@@H]2[C@H](C)CCCC(C)C)C1. The quantitative estimate of drug-likeness (QED) is 0.0708. The van der Waals surface area contributed by atoms with E-state index in [0.717, 1.165) is 61.4 Å². The van der Waals surface area contributed by atoms with E-state index in [1.54, 1.807) is 5.57 Å². The second kappa shape index (κ2) is 21.8. The van der Waals surface area contributed by atoms with Crippen molar-refractivity contribution >= 4 is 0 Å². The highest BCUT2D eigenvalue weighted by Gasteiger charge is 2.59. The van der Waals surface area contributed by atoms with Crippen LogP contribution in [0.25, 0.3) is 0 Å². The molecule has 4 heteroatoms. The minimum Gasteiger partial charge on any atom is -0.379 e. The summed E-state index contributed by atoms with van der Waals surface area (Å²) in [6, 6.07) is 0. The van der Waals surface area contributed by atoms with Gasteiger partial charge in [0.15, 0.2) is 0 Å². The first-order chi connectivity index (χ1) is 23.8. The van der Waals surface area contributed by atoms with Crippen molar-refractivity contribution in [2.24, 2.45) is 46.3 Å². The highest BCUT2D eigenvalue weighted by Crippen LogP contribution is 2.67. The lowest BCUT2D eigenvalue weighted by atomic mass is 9.47. The molecule has 49 heavy (non-hydrogen) atoms. The minimum atomic E-state index is 0.359. The van der Waals surface area contributed by atoms with Gasteiger partial charge in [0.2, 0.25) is 0 Å². The van der Waals surface area contributed by atoms with Crippen molar-refractivity contribution in [2.75, 3.05) is 46.2 Å². The zero-order valence-corrected chi connectivity index (χ0v) is 33.3. The average Bonchev–Trinajstić information content (AvgIpc) is 3.44. The number of ether oxygens (including phenoxy) is 4. The van der Waals surface area contributed by atoms with Crippen molar-refractivity contribution in [3.05, 3.63) is 23.8 Å². The molecule has 0 radical (unpaired) electrons. The highest BCUT2D eigenvalue weighted by atomic mass is 16.6. The molecule has 4 nitrogen and oxygen atoms in total. The fourth-order valence-electron chi connectivity index (χ4n) is 11.1. The molecular formula is C45H80O4. The van der Waals surface area contributed by atoms with Crippen molar-refractivity contribution in [3.8, 4) is 0 Å². The monoisotopic (exact) mass is 685 g/mol. The van der Waals surface area contributed by atoms with Gasteiger partial charge in [0, 0.05) is 6.61 Å². The van der Waals surface area contributed by atoms with Crippen molar-refractivity contribution in [3.63, 3.8) is 0 Å². The normalized spacial score (nSPS) is 31.9. The van der Waals surface area contributed by atoms with E-state index in [2.05, 4.69) is 59.8 Å². The van der Waals surface area contributed by atoms with Crippen molar-refractivity contribution in [1.29, 1.82) is 0 Å². The molecule has 0 amide bonds. The maximum absolute atomic E-state index is 6.39. The Hall–Kier alpha value is -0.680. The van der Waals surface area contributed by atoms with Gasteiger partial charge in [-0.1, -0.05) is 110 Å². The lowest BCUT2D eigenvalue weighted by Gasteiger charge is -2.58. The summed E-state index contributed by atoms with van der Waals surface area (Å²) in [6.45, 7) is 19.7. The topological polar surface area (TPSA) is 36.9 Å². The third kappa shape index (κ3) is 12.2. The summed E-state index contributed by atoms with van der Waals surface area (Å²) in [5, 5.41) is 0. The maximum atomic E-state index is 6.39. The number of hydrogen-bond acceptors (Lipinski definition) is 4. The molecule has 4 aliphatic carbocycles. The molecule has 3 saturated carbocycles. The number of fused-ring (bicyclic) bond motifs is 5. The van der Waals surface area contributed by atoms with Gasteiger partial charge in [-0.15, -0.1) is 0 Å². The zero-order chi connectivity index (χ0) is 35.0. The summed E-state index contributed by atoms with van der Waals surface area (Å²) >= 11 is 0. The van der Waals surface area contributed by atoms with E-state index in [4.69, 9.17) is 18.9 Å². The van der Waals surface area contributed by atoms with Gasteiger partial charge in [-0.25, -0.2) is 0 Å². The van der Waals surface area contributed by atoms with Crippen molar-refractivity contribution in [2.45, 2.75) is 170 Å². The molecule has 0 N–H and O–H groups in total. The Labute approximate surface area is 304 Å². The Balaban J connectivity index is 1.02. The molecule has 3 unspecified atom stereocenters. The Kier molecular flexibility index (Phi) is 18.2. The number of unbranched alkanes of at least 4 members (excludes halogenated alkanes) is 6. The van der Waals surface area contributed by atoms with Crippen LogP contribution in [0.2, 0.25) is 0 Å². The van der Waals surface area contributed by atoms with E-state index in [1.165, 1.54) is 103 Å². The van der Waals surface area contributed by atoms with Crippen molar-refractivity contribution in [1.82, 2.24) is 0 Å². The summed E-state index contributed by atoms with van der Waals surface area (Å²) in [4.78, 5) is 0. The van der Waals surface area contributed by atoms with E-state index in [1.807, 2.05) is 0 Å². The first-order valence-corrected chi connectivity index (χ1v) is 21.5. The molecule has 0 heterocycles. The third-order valence-electron chi connectivity index (χ3n) is 13.9. The van der Waals surface area contributed by atoms with Gasteiger partial charge in [-0.05, 0) is 123 Å². The van der Waals surface area contributed by atoms with Gasteiger partial charge in [-0.3, -0.25) is 0 Å². The first kappa shape index (κ1) is 41.1. The molecule has 4 rings (SSSR count). The van der Waals surface area contributed by atoms with Crippen LogP contribution in [-0.2, 0) is 18.9 Å². The summed E-state index contributed by atoms with van der Waals surface area (Å²) < 4.78 is 23.7.